The molecule has 1 saturated heterocycles. The van der Waals surface area contributed by atoms with E-state index in [1.54, 1.807) is 0 Å². The first kappa shape index (κ1) is 16.6. The average Bonchev–Trinajstić information content (AvgIpc) is 2.46. The van der Waals surface area contributed by atoms with Gasteiger partial charge in [0, 0.05) is 25.7 Å². The van der Waals surface area contributed by atoms with E-state index in [0.717, 1.165) is 25.2 Å². The van der Waals surface area contributed by atoms with E-state index < -0.39 is 0 Å². The minimum absolute atomic E-state index is 0.00525. The number of hydrogen-bond acceptors (Lipinski definition) is 4. The maximum atomic E-state index is 9.82. The molecule has 1 fully saturated rings. The van der Waals surface area contributed by atoms with E-state index >= 15 is 0 Å². The van der Waals surface area contributed by atoms with Gasteiger partial charge in [0.2, 0.25) is 0 Å². The van der Waals surface area contributed by atoms with Gasteiger partial charge in [-0.25, -0.2) is 0 Å². The van der Waals surface area contributed by atoms with E-state index in [9.17, 15) is 5.11 Å². The molecular formula is C16H25ClN2O2. The highest BCUT2D eigenvalue weighted by Gasteiger charge is 2.27. The van der Waals surface area contributed by atoms with Crippen LogP contribution in [-0.2, 0) is 0 Å². The predicted molar refractivity (Wildman–Crippen MR) is 86.1 cm³/mol. The van der Waals surface area contributed by atoms with Crippen molar-refractivity contribution in [3.8, 4) is 5.75 Å². The molecule has 1 aromatic carbocycles. The minimum Gasteiger partial charge on any atom is -0.492 e. The van der Waals surface area contributed by atoms with E-state index in [2.05, 4.69) is 23.8 Å². The molecule has 1 N–H and O–H groups in total. The maximum absolute atomic E-state index is 9.82. The van der Waals surface area contributed by atoms with E-state index in [4.69, 9.17) is 16.3 Å². The molecule has 2 rings (SSSR count). The third-order valence-corrected chi connectivity index (χ3v) is 4.54. The monoisotopic (exact) mass is 312 g/mol. The average molecular weight is 313 g/mol. The van der Waals surface area contributed by atoms with Crippen LogP contribution in [0.15, 0.2) is 18.2 Å². The van der Waals surface area contributed by atoms with Crippen LogP contribution in [0.1, 0.15) is 25.5 Å². The fourth-order valence-corrected chi connectivity index (χ4v) is 3.03. The van der Waals surface area contributed by atoms with Crippen molar-refractivity contribution in [1.29, 1.82) is 0 Å². The summed E-state index contributed by atoms with van der Waals surface area (Å²) in [4.78, 5) is 4.67. The summed E-state index contributed by atoms with van der Waals surface area (Å²) in [5, 5.41) is 10.4. The Balaban J connectivity index is 2.15. The van der Waals surface area contributed by atoms with Gasteiger partial charge in [0.25, 0.3) is 0 Å². The van der Waals surface area contributed by atoms with Crippen LogP contribution in [-0.4, -0.2) is 60.8 Å². The van der Waals surface area contributed by atoms with E-state index in [0.29, 0.717) is 23.4 Å². The van der Waals surface area contributed by atoms with Crippen molar-refractivity contribution >= 4 is 11.6 Å². The van der Waals surface area contributed by atoms with Gasteiger partial charge in [-0.2, -0.15) is 0 Å². The molecule has 0 saturated carbocycles. The summed E-state index contributed by atoms with van der Waals surface area (Å²) in [5.74, 6) is 0.700. The molecule has 1 aromatic rings. The van der Waals surface area contributed by atoms with Crippen LogP contribution in [0.3, 0.4) is 0 Å². The summed E-state index contributed by atoms with van der Waals surface area (Å²) >= 11 is 6.27. The maximum Gasteiger partial charge on any atom is 0.137 e. The first-order valence-corrected chi connectivity index (χ1v) is 7.92. The summed E-state index contributed by atoms with van der Waals surface area (Å²) in [6, 6.07) is 6.29. The Hall–Kier alpha value is -0.810. The summed E-state index contributed by atoms with van der Waals surface area (Å²) in [5.41, 5.74) is 1.04. The number of nitrogens with zero attached hydrogens (tertiary/aromatic N) is 2. The number of likely N-dealkylation sites (N-methyl/N-ethyl adjacent to an activating group) is 1. The van der Waals surface area contributed by atoms with Crippen molar-refractivity contribution in [1.82, 2.24) is 9.80 Å². The molecule has 118 valence electrons. The summed E-state index contributed by atoms with van der Waals surface area (Å²) in [7, 11) is 2.14. The highest BCUT2D eigenvalue weighted by molar-refractivity contribution is 6.32. The molecule has 1 heterocycles. The molecule has 1 aliphatic rings. The van der Waals surface area contributed by atoms with Gasteiger partial charge in [0.15, 0.2) is 0 Å². The van der Waals surface area contributed by atoms with Crippen molar-refractivity contribution in [3.05, 3.63) is 28.8 Å². The van der Waals surface area contributed by atoms with Gasteiger partial charge in [0.05, 0.1) is 24.3 Å². The number of ether oxygens (including phenoxy) is 1. The van der Waals surface area contributed by atoms with Gasteiger partial charge in [-0.15, -0.1) is 0 Å². The number of benzene rings is 1. The Morgan fingerprint density at radius 2 is 2.19 bits per heavy atom. The zero-order chi connectivity index (χ0) is 15.4. The topological polar surface area (TPSA) is 35.9 Å². The van der Waals surface area contributed by atoms with Crippen LogP contribution in [0.25, 0.3) is 0 Å². The summed E-state index contributed by atoms with van der Waals surface area (Å²) < 4.78 is 5.47. The van der Waals surface area contributed by atoms with E-state index in [-0.39, 0.29) is 12.6 Å². The SMILES string of the molecule is CCOc1ccc(C(CO)N2CCN(C)C(C)C2)cc1Cl. The first-order chi connectivity index (χ1) is 10.1. The smallest absolute Gasteiger partial charge is 0.137 e. The summed E-state index contributed by atoms with van der Waals surface area (Å²) in [6.45, 7) is 7.77. The van der Waals surface area contributed by atoms with Crippen LogP contribution in [0.5, 0.6) is 5.75 Å². The van der Waals surface area contributed by atoms with Crippen molar-refractivity contribution in [2.45, 2.75) is 25.9 Å². The Labute approximate surface area is 132 Å². The molecule has 0 amide bonds. The van der Waals surface area contributed by atoms with Gasteiger partial charge in [-0.1, -0.05) is 17.7 Å². The van der Waals surface area contributed by atoms with Gasteiger partial charge in [-0.05, 0) is 38.6 Å². The minimum atomic E-state index is -0.00525. The quantitative estimate of drug-likeness (QED) is 0.906. The molecule has 0 aliphatic carbocycles. The number of aliphatic hydroxyl groups excluding tert-OH is 1. The van der Waals surface area contributed by atoms with Crippen LogP contribution in [0.2, 0.25) is 5.02 Å². The molecule has 0 bridgehead atoms. The van der Waals surface area contributed by atoms with Gasteiger partial charge in [-0.3, -0.25) is 4.90 Å². The first-order valence-electron chi connectivity index (χ1n) is 7.54. The lowest BCUT2D eigenvalue weighted by molar-refractivity contribution is 0.0464. The standard InChI is InChI=1S/C16H25ClN2O2/c1-4-21-16-6-5-13(9-14(16)17)15(11-20)19-8-7-18(3)12(2)10-19/h5-6,9,12,15,20H,4,7-8,10-11H2,1-3H3. The van der Waals surface area contributed by atoms with Crippen molar-refractivity contribution in [3.63, 3.8) is 0 Å². The zero-order valence-corrected chi connectivity index (χ0v) is 13.8. The second-order valence-electron chi connectivity index (χ2n) is 5.65. The molecule has 21 heavy (non-hydrogen) atoms. The highest BCUT2D eigenvalue weighted by Crippen LogP contribution is 2.31. The van der Waals surface area contributed by atoms with Crippen molar-refractivity contribution in [2.24, 2.45) is 0 Å². The third kappa shape index (κ3) is 3.89. The second kappa shape index (κ2) is 7.45. The van der Waals surface area contributed by atoms with E-state index in [1.165, 1.54) is 0 Å². The molecule has 4 nitrogen and oxygen atoms in total. The predicted octanol–water partition coefficient (Wildman–Crippen LogP) is 2.41. The van der Waals surface area contributed by atoms with Crippen LogP contribution >= 0.6 is 11.6 Å². The number of halogens is 1. The van der Waals surface area contributed by atoms with Gasteiger partial charge < -0.3 is 14.7 Å². The molecule has 2 atom stereocenters. The van der Waals surface area contributed by atoms with E-state index in [1.807, 2.05) is 25.1 Å². The lowest BCUT2D eigenvalue weighted by Crippen LogP contribution is -2.51. The fraction of sp³-hybridized carbons (Fsp3) is 0.625. The molecule has 0 aromatic heterocycles. The highest BCUT2D eigenvalue weighted by atomic mass is 35.5. The van der Waals surface area contributed by atoms with Gasteiger partial charge in [0.1, 0.15) is 5.75 Å². The molecule has 1 aliphatic heterocycles. The van der Waals surface area contributed by atoms with Crippen LogP contribution in [0.4, 0.5) is 0 Å². The third-order valence-electron chi connectivity index (χ3n) is 4.25. The molecule has 5 heteroatoms. The zero-order valence-electron chi connectivity index (χ0n) is 13.1. The molecule has 2 unspecified atom stereocenters. The lowest BCUT2D eigenvalue weighted by atomic mass is 10.0. The molecule has 0 radical (unpaired) electrons. The lowest BCUT2D eigenvalue weighted by Gasteiger charge is -2.41. The number of aliphatic hydroxyl groups is 1. The number of rotatable bonds is 5. The van der Waals surface area contributed by atoms with Crippen molar-refractivity contribution < 1.29 is 9.84 Å². The largest absolute Gasteiger partial charge is 0.492 e. The van der Waals surface area contributed by atoms with Gasteiger partial charge >= 0.3 is 0 Å². The van der Waals surface area contributed by atoms with Crippen molar-refractivity contribution in [2.75, 3.05) is 39.9 Å². The molecule has 0 spiro atoms. The van der Waals surface area contributed by atoms with Crippen LogP contribution < -0.4 is 4.74 Å². The molecular weight excluding hydrogens is 288 g/mol. The second-order valence-corrected chi connectivity index (χ2v) is 6.05. The Morgan fingerprint density at radius 3 is 2.76 bits per heavy atom. The Morgan fingerprint density at radius 1 is 1.43 bits per heavy atom. The normalized spacial score (nSPS) is 22.2. The number of piperazine rings is 1. The Kier molecular flexibility index (Phi) is 5.88. The fourth-order valence-electron chi connectivity index (χ4n) is 2.79. The van der Waals surface area contributed by atoms with Crippen LogP contribution in [0, 0.1) is 0 Å². The Bertz CT molecular complexity index is 470. The number of hydrogen-bond donors (Lipinski definition) is 1. The summed E-state index contributed by atoms with van der Waals surface area (Å²) in [6.07, 6.45) is 0.